The van der Waals surface area contributed by atoms with Crippen LogP contribution < -0.4 is 5.73 Å². The number of halogens is 4. The number of amidine groups is 1. The number of nitrogens with zero attached hydrogens (tertiary/aromatic N) is 5. The van der Waals surface area contributed by atoms with E-state index in [0.29, 0.717) is 11.5 Å². The number of likely N-dealkylation sites (tertiary alicyclic amines) is 2. The van der Waals surface area contributed by atoms with Crippen LogP contribution in [0.4, 0.5) is 17.6 Å². The molecule has 2 aromatic rings. The highest BCUT2D eigenvalue weighted by Crippen LogP contribution is 2.36. The number of aromatic nitrogens is 2. The van der Waals surface area contributed by atoms with Gasteiger partial charge >= 0.3 is 6.18 Å². The van der Waals surface area contributed by atoms with Crippen LogP contribution in [0, 0.1) is 5.82 Å². The van der Waals surface area contributed by atoms with Gasteiger partial charge in [0.25, 0.3) is 0 Å². The van der Waals surface area contributed by atoms with Crippen molar-refractivity contribution in [3.8, 4) is 11.3 Å². The number of aliphatic imine (C=N–C) groups is 1. The molecule has 0 unspecified atom stereocenters. The van der Waals surface area contributed by atoms with Gasteiger partial charge in [-0.05, 0) is 75.9 Å². The molecule has 3 aliphatic heterocycles. The summed E-state index contributed by atoms with van der Waals surface area (Å²) < 4.78 is 56.4. The Morgan fingerprint density at radius 3 is 2.45 bits per heavy atom. The fourth-order valence-corrected chi connectivity index (χ4v) is 6.00. The Kier molecular flexibility index (Phi) is 8.35. The van der Waals surface area contributed by atoms with Gasteiger partial charge in [0, 0.05) is 67.7 Å². The lowest BCUT2D eigenvalue weighted by atomic mass is 9.94. The Morgan fingerprint density at radius 2 is 1.77 bits per heavy atom. The maximum atomic E-state index is 14.0. The van der Waals surface area contributed by atoms with Gasteiger partial charge in [0.1, 0.15) is 17.5 Å². The zero-order valence-corrected chi connectivity index (χ0v) is 23.3. The molecule has 216 valence electrons. The zero-order valence-electron chi connectivity index (χ0n) is 23.3. The van der Waals surface area contributed by atoms with E-state index in [9.17, 15) is 17.6 Å². The second-order valence-corrected chi connectivity index (χ2v) is 11.1. The predicted molar refractivity (Wildman–Crippen MR) is 149 cm³/mol. The van der Waals surface area contributed by atoms with Crippen molar-refractivity contribution in [3.63, 3.8) is 0 Å². The Balaban J connectivity index is 1.39. The van der Waals surface area contributed by atoms with Gasteiger partial charge in [0.2, 0.25) is 0 Å². The van der Waals surface area contributed by atoms with Crippen LogP contribution in [0.25, 0.3) is 11.3 Å². The molecule has 0 radical (unpaired) electrons. The summed E-state index contributed by atoms with van der Waals surface area (Å²) in [4.78, 5) is 14.1. The minimum absolute atomic E-state index is 0.171. The van der Waals surface area contributed by atoms with Crippen LogP contribution in [-0.4, -0.2) is 57.9 Å². The maximum Gasteiger partial charge on any atom is 0.419 e. The standard InChI is InChI=1S/C30H38F4N6/c1-3-21-16-27(20(2)28(35)36-18-21)39-12-8-22(9-13-39)29-37-26(19-40(29)15-14-38-10-4-5-11-38)23-6-7-25(31)24(17-23)30(32,33)34/h6-7,17-19,22H,3-5,8-16H2,1-2H3,(H2,35,36). The van der Waals surface area contributed by atoms with E-state index in [1.165, 1.54) is 30.2 Å². The van der Waals surface area contributed by atoms with Gasteiger partial charge in [0.15, 0.2) is 0 Å². The third kappa shape index (κ3) is 6.11. The van der Waals surface area contributed by atoms with Crippen LogP contribution in [0.3, 0.4) is 0 Å². The number of imidazole rings is 1. The van der Waals surface area contributed by atoms with Crippen LogP contribution in [-0.2, 0) is 12.7 Å². The van der Waals surface area contributed by atoms with E-state index in [1.54, 1.807) is 0 Å². The van der Waals surface area contributed by atoms with Crippen molar-refractivity contribution in [2.24, 2.45) is 10.7 Å². The first-order valence-electron chi connectivity index (χ1n) is 14.3. The van der Waals surface area contributed by atoms with Crippen LogP contribution in [0.5, 0.6) is 0 Å². The highest BCUT2D eigenvalue weighted by Gasteiger charge is 2.35. The molecule has 0 amide bonds. The van der Waals surface area contributed by atoms with Gasteiger partial charge in [-0.1, -0.05) is 6.92 Å². The molecule has 0 atom stereocenters. The lowest BCUT2D eigenvalue weighted by molar-refractivity contribution is -0.139. The first-order chi connectivity index (χ1) is 19.1. The molecular formula is C30H38F4N6. The second kappa shape index (κ2) is 11.8. The maximum absolute atomic E-state index is 14.0. The molecule has 2 N–H and O–H groups in total. The van der Waals surface area contributed by atoms with Crippen molar-refractivity contribution in [1.29, 1.82) is 0 Å². The fraction of sp³-hybridized carbons (Fsp3) is 0.533. The summed E-state index contributed by atoms with van der Waals surface area (Å²) in [6.45, 7) is 9.56. The minimum atomic E-state index is -4.76. The third-order valence-electron chi connectivity index (χ3n) is 8.52. The molecular weight excluding hydrogens is 520 g/mol. The van der Waals surface area contributed by atoms with Crippen LogP contribution in [0.1, 0.15) is 69.7 Å². The fourth-order valence-electron chi connectivity index (χ4n) is 6.00. The summed E-state index contributed by atoms with van der Waals surface area (Å²) in [7, 11) is 0. The lowest BCUT2D eigenvalue weighted by Crippen LogP contribution is -2.35. The van der Waals surface area contributed by atoms with E-state index >= 15 is 0 Å². The molecule has 4 heterocycles. The molecule has 6 nitrogen and oxygen atoms in total. The lowest BCUT2D eigenvalue weighted by Gasteiger charge is -2.36. The molecule has 3 aliphatic rings. The van der Waals surface area contributed by atoms with Crippen LogP contribution in [0.2, 0.25) is 0 Å². The van der Waals surface area contributed by atoms with E-state index in [-0.39, 0.29) is 11.5 Å². The normalized spacial score (nSPS) is 19.7. The molecule has 5 rings (SSSR count). The number of hydrogen-bond acceptors (Lipinski definition) is 5. The summed E-state index contributed by atoms with van der Waals surface area (Å²) in [6.07, 6.45) is 4.84. The van der Waals surface area contributed by atoms with Gasteiger partial charge in [-0.25, -0.2) is 14.4 Å². The first kappa shape index (κ1) is 28.4. The average Bonchev–Trinajstić information content (AvgIpc) is 3.59. The number of hydrogen-bond donors (Lipinski definition) is 1. The summed E-state index contributed by atoms with van der Waals surface area (Å²) in [5.41, 5.74) is 9.18. The van der Waals surface area contributed by atoms with E-state index in [0.717, 1.165) is 88.5 Å². The zero-order chi connectivity index (χ0) is 28.4. The highest BCUT2D eigenvalue weighted by molar-refractivity contribution is 5.97. The highest BCUT2D eigenvalue weighted by atomic mass is 19.4. The average molecular weight is 559 g/mol. The number of nitrogens with two attached hydrogens (primary N) is 1. The topological polar surface area (TPSA) is 62.7 Å². The largest absolute Gasteiger partial charge is 0.419 e. The van der Waals surface area contributed by atoms with E-state index in [4.69, 9.17) is 10.7 Å². The molecule has 0 aliphatic carbocycles. The molecule has 0 bridgehead atoms. The number of alkyl halides is 3. The van der Waals surface area contributed by atoms with Gasteiger partial charge in [-0.15, -0.1) is 0 Å². The van der Waals surface area contributed by atoms with Crippen LogP contribution >= 0.6 is 0 Å². The summed E-state index contributed by atoms with van der Waals surface area (Å²) >= 11 is 0. The third-order valence-corrected chi connectivity index (χ3v) is 8.52. The van der Waals surface area contributed by atoms with Crippen molar-refractivity contribution < 1.29 is 17.6 Å². The van der Waals surface area contributed by atoms with Crippen LogP contribution in [0.15, 0.2) is 52.4 Å². The SMILES string of the molecule is CCC1=CN=C(N)C(C)=C(N2CCC(c3nc(-c4ccc(F)c(C(F)(F)F)c4)cn3CCN3CCCC3)CC2)C1. The predicted octanol–water partition coefficient (Wildman–Crippen LogP) is 6.31. The number of piperidine rings is 1. The Bertz CT molecular complexity index is 1310. The Morgan fingerprint density at radius 1 is 1.05 bits per heavy atom. The molecule has 1 aromatic carbocycles. The van der Waals surface area contributed by atoms with Crippen molar-refractivity contribution in [2.75, 3.05) is 32.7 Å². The quantitative estimate of drug-likeness (QED) is 0.405. The van der Waals surface area contributed by atoms with E-state index in [2.05, 4.69) is 26.3 Å². The Labute approximate surface area is 233 Å². The molecule has 1 aromatic heterocycles. The van der Waals surface area contributed by atoms with Crippen molar-refractivity contribution in [2.45, 2.75) is 71.0 Å². The minimum Gasteiger partial charge on any atom is -0.383 e. The van der Waals surface area contributed by atoms with Crippen molar-refractivity contribution in [1.82, 2.24) is 19.4 Å². The monoisotopic (exact) mass is 558 g/mol. The number of allylic oxidation sites excluding steroid dienone is 1. The number of rotatable bonds is 7. The number of benzene rings is 1. The van der Waals surface area contributed by atoms with Crippen molar-refractivity contribution in [3.05, 3.63) is 64.6 Å². The summed E-state index contributed by atoms with van der Waals surface area (Å²) in [6, 6.07) is 3.15. The van der Waals surface area contributed by atoms with Crippen molar-refractivity contribution >= 4 is 5.84 Å². The second-order valence-electron chi connectivity index (χ2n) is 11.1. The Hall–Kier alpha value is -3.14. The molecule has 2 saturated heterocycles. The summed E-state index contributed by atoms with van der Waals surface area (Å²) in [5.74, 6) is 0.353. The molecule has 0 spiro atoms. The first-order valence-corrected chi connectivity index (χ1v) is 14.3. The van der Waals surface area contributed by atoms with E-state index < -0.39 is 17.6 Å². The van der Waals surface area contributed by atoms with Gasteiger partial charge < -0.3 is 20.1 Å². The summed E-state index contributed by atoms with van der Waals surface area (Å²) in [5, 5.41) is 0. The van der Waals surface area contributed by atoms with Gasteiger partial charge in [-0.2, -0.15) is 13.2 Å². The molecule has 40 heavy (non-hydrogen) atoms. The molecule has 10 heteroatoms. The van der Waals surface area contributed by atoms with Gasteiger partial charge in [-0.3, -0.25) is 0 Å². The molecule has 0 saturated carbocycles. The molecule has 2 fully saturated rings. The van der Waals surface area contributed by atoms with Gasteiger partial charge in [0.05, 0.1) is 11.3 Å². The van der Waals surface area contributed by atoms with E-state index in [1.807, 2.05) is 19.3 Å². The smallest absolute Gasteiger partial charge is 0.383 e.